The van der Waals surface area contributed by atoms with Crippen molar-refractivity contribution in [2.75, 3.05) is 52.4 Å². The van der Waals surface area contributed by atoms with Crippen LogP contribution in [0.5, 0.6) is 0 Å². The summed E-state index contributed by atoms with van der Waals surface area (Å²) in [7, 11) is 3.26. The number of rotatable bonds is 12. The van der Waals surface area contributed by atoms with Crippen LogP contribution in [0.25, 0.3) is 0 Å². The minimum absolute atomic E-state index is 0.0967. The molecule has 0 atom stereocenters. The third-order valence-corrected chi connectivity index (χ3v) is 3.24. The molecule has 0 heterocycles. The molecule has 0 aromatic heterocycles. The highest BCUT2D eigenvalue weighted by Gasteiger charge is 2.06. The van der Waals surface area contributed by atoms with Gasteiger partial charge >= 0.3 is 0 Å². The van der Waals surface area contributed by atoms with Crippen LogP contribution in [-0.4, -0.2) is 58.9 Å². The molecule has 3 N–H and O–H groups in total. The van der Waals surface area contributed by atoms with Crippen molar-refractivity contribution >= 4 is 17.5 Å². The van der Waals surface area contributed by atoms with E-state index in [0.29, 0.717) is 31.9 Å². The van der Waals surface area contributed by atoms with Gasteiger partial charge in [-0.3, -0.25) is 9.59 Å². The Morgan fingerprint density at radius 1 is 1.00 bits per heavy atom. The lowest BCUT2D eigenvalue weighted by molar-refractivity contribution is -0.119. The maximum Gasteiger partial charge on any atom is 0.251 e. The van der Waals surface area contributed by atoms with Crippen molar-refractivity contribution in [1.82, 2.24) is 10.6 Å². The summed E-state index contributed by atoms with van der Waals surface area (Å²) < 4.78 is 9.86. The normalized spacial score (nSPS) is 10.2. The number of carbonyl (C=O) groups is 2. The van der Waals surface area contributed by atoms with Gasteiger partial charge in [-0.2, -0.15) is 0 Å². The third kappa shape index (κ3) is 8.50. The second-order valence-electron chi connectivity index (χ2n) is 5.23. The number of methoxy groups -OCH3 is 2. The van der Waals surface area contributed by atoms with Gasteiger partial charge < -0.3 is 25.4 Å². The fraction of sp³-hybridized carbons (Fsp3) is 0.529. The first-order valence-electron chi connectivity index (χ1n) is 8.04. The molecule has 1 aromatic carbocycles. The fourth-order valence-corrected chi connectivity index (χ4v) is 1.98. The molecule has 0 spiro atoms. The van der Waals surface area contributed by atoms with Gasteiger partial charge in [-0.1, -0.05) is 6.07 Å². The van der Waals surface area contributed by atoms with Gasteiger partial charge in [-0.15, -0.1) is 0 Å². The van der Waals surface area contributed by atoms with E-state index in [2.05, 4.69) is 16.0 Å². The molecular weight excluding hydrogens is 310 g/mol. The van der Waals surface area contributed by atoms with Gasteiger partial charge in [0.25, 0.3) is 5.91 Å². The molecule has 7 heteroatoms. The second kappa shape index (κ2) is 12.3. The summed E-state index contributed by atoms with van der Waals surface area (Å²) in [5.74, 6) is -0.237. The topological polar surface area (TPSA) is 88.7 Å². The number of amides is 2. The van der Waals surface area contributed by atoms with Gasteiger partial charge in [0.1, 0.15) is 0 Å². The van der Waals surface area contributed by atoms with Crippen LogP contribution in [0.3, 0.4) is 0 Å². The van der Waals surface area contributed by atoms with E-state index in [9.17, 15) is 9.59 Å². The Bertz CT molecular complexity index is 508. The maximum atomic E-state index is 12.0. The Morgan fingerprint density at radius 2 is 1.67 bits per heavy atom. The Kier molecular flexibility index (Phi) is 10.2. The average molecular weight is 337 g/mol. The van der Waals surface area contributed by atoms with Crippen LogP contribution in [0.2, 0.25) is 0 Å². The molecule has 1 rings (SSSR count). The van der Waals surface area contributed by atoms with Crippen LogP contribution in [0.1, 0.15) is 23.2 Å². The van der Waals surface area contributed by atoms with Gasteiger partial charge in [-0.05, 0) is 31.0 Å². The number of hydrogen-bond donors (Lipinski definition) is 3. The van der Waals surface area contributed by atoms with Crippen LogP contribution in [0.15, 0.2) is 24.3 Å². The number of anilines is 1. The van der Waals surface area contributed by atoms with E-state index in [0.717, 1.165) is 18.5 Å². The van der Waals surface area contributed by atoms with E-state index < -0.39 is 0 Å². The first-order chi connectivity index (χ1) is 11.7. The molecule has 0 saturated heterocycles. The number of ether oxygens (including phenoxy) is 2. The van der Waals surface area contributed by atoms with Gasteiger partial charge in [0, 0.05) is 51.8 Å². The van der Waals surface area contributed by atoms with E-state index in [1.54, 1.807) is 32.4 Å². The lowest BCUT2D eigenvalue weighted by Crippen LogP contribution is -2.31. The molecule has 0 fully saturated rings. The van der Waals surface area contributed by atoms with Crippen molar-refractivity contribution in [2.45, 2.75) is 12.8 Å². The number of benzene rings is 1. The zero-order chi connectivity index (χ0) is 17.6. The second-order valence-corrected chi connectivity index (χ2v) is 5.23. The van der Waals surface area contributed by atoms with E-state index in [1.807, 2.05) is 6.07 Å². The summed E-state index contributed by atoms with van der Waals surface area (Å²) in [6.07, 6.45) is 1.55. The lowest BCUT2D eigenvalue weighted by atomic mass is 10.2. The molecule has 0 aliphatic carbocycles. The molecule has 0 bridgehead atoms. The lowest BCUT2D eigenvalue weighted by Gasteiger charge is -2.09. The molecule has 0 aliphatic rings. The molecule has 2 amide bonds. The van der Waals surface area contributed by atoms with E-state index in [1.165, 1.54) is 0 Å². The van der Waals surface area contributed by atoms with Crippen molar-refractivity contribution in [3.8, 4) is 0 Å². The molecular formula is C17H27N3O4. The van der Waals surface area contributed by atoms with Crippen molar-refractivity contribution < 1.29 is 19.1 Å². The van der Waals surface area contributed by atoms with E-state index in [4.69, 9.17) is 9.47 Å². The molecule has 0 radical (unpaired) electrons. The predicted molar refractivity (Wildman–Crippen MR) is 93.3 cm³/mol. The van der Waals surface area contributed by atoms with Crippen molar-refractivity contribution in [1.29, 1.82) is 0 Å². The maximum absolute atomic E-state index is 12.0. The monoisotopic (exact) mass is 337 g/mol. The Hall–Kier alpha value is -2.12. The van der Waals surface area contributed by atoms with Crippen LogP contribution < -0.4 is 16.0 Å². The molecule has 1 aromatic rings. The SMILES string of the molecule is COCCCNC(=O)CNc1cccc(C(=O)NCCCOC)c1. The molecule has 0 aliphatic heterocycles. The summed E-state index contributed by atoms with van der Waals surface area (Å²) in [5.41, 5.74) is 1.28. The fourth-order valence-electron chi connectivity index (χ4n) is 1.98. The molecule has 134 valence electrons. The van der Waals surface area contributed by atoms with Crippen LogP contribution >= 0.6 is 0 Å². The Morgan fingerprint density at radius 3 is 2.33 bits per heavy atom. The minimum Gasteiger partial charge on any atom is -0.385 e. The highest BCUT2D eigenvalue weighted by molar-refractivity contribution is 5.95. The summed E-state index contributed by atoms with van der Waals surface area (Å²) in [5, 5.41) is 8.63. The molecule has 0 saturated carbocycles. The quantitative estimate of drug-likeness (QED) is 0.496. The number of nitrogens with one attached hydrogen (secondary N) is 3. The van der Waals surface area contributed by atoms with Crippen LogP contribution in [0.4, 0.5) is 5.69 Å². The zero-order valence-corrected chi connectivity index (χ0v) is 14.4. The molecule has 7 nitrogen and oxygen atoms in total. The van der Waals surface area contributed by atoms with Gasteiger partial charge in [0.15, 0.2) is 0 Å². The Labute approximate surface area is 143 Å². The predicted octanol–water partition coefficient (Wildman–Crippen LogP) is 1.02. The summed E-state index contributed by atoms with van der Waals surface area (Å²) >= 11 is 0. The summed E-state index contributed by atoms with van der Waals surface area (Å²) in [6, 6.07) is 7.06. The van der Waals surface area contributed by atoms with E-state index >= 15 is 0 Å². The van der Waals surface area contributed by atoms with Crippen LogP contribution in [-0.2, 0) is 14.3 Å². The number of carbonyl (C=O) groups excluding carboxylic acids is 2. The van der Waals surface area contributed by atoms with Crippen LogP contribution in [0, 0.1) is 0 Å². The minimum atomic E-state index is -0.140. The van der Waals surface area contributed by atoms with Gasteiger partial charge in [0.2, 0.25) is 5.91 Å². The standard InChI is InChI=1S/C17H27N3O4/c1-23-10-4-8-18-16(21)13-20-15-7-3-6-14(12-15)17(22)19-9-5-11-24-2/h3,6-7,12,20H,4-5,8-11,13H2,1-2H3,(H,18,21)(H,19,22). The highest BCUT2D eigenvalue weighted by Crippen LogP contribution is 2.10. The van der Waals surface area contributed by atoms with Crippen molar-refractivity contribution in [3.63, 3.8) is 0 Å². The van der Waals surface area contributed by atoms with Crippen molar-refractivity contribution in [2.24, 2.45) is 0 Å². The summed E-state index contributed by atoms with van der Waals surface area (Å²) in [6.45, 7) is 2.54. The highest BCUT2D eigenvalue weighted by atomic mass is 16.5. The first kappa shape index (κ1) is 19.9. The van der Waals surface area contributed by atoms with Gasteiger partial charge in [-0.25, -0.2) is 0 Å². The zero-order valence-electron chi connectivity index (χ0n) is 14.4. The average Bonchev–Trinajstić information content (AvgIpc) is 2.61. The largest absolute Gasteiger partial charge is 0.385 e. The van der Waals surface area contributed by atoms with E-state index in [-0.39, 0.29) is 18.4 Å². The first-order valence-corrected chi connectivity index (χ1v) is 8.04. The Balaban J connectivity index is 2.36. The molecule has 0 unspecified atom stereocenters. The summed E-state index contributed by atoms with van der Waals surface area (Å²) in [4.78, 5) is 23.7. The third-order valence-electron chi connectivity index (χ3n) is 3.24. The molecule has 24 heavy (non-hydrogen) atoms. The van der Waals surface area contributed by atoms with Gasteiger partial charge in [0.05, 0.1) is 6.54 Å². The van der Waals surface area contributed by atoms with Crippen molar-refractivity contribution in [3.05, 3.63) is 29.8 Å². The smallest absolute Gasteiger partial charge is 0.251 e. The number of hydrogen-bond acceptors (Lipinski definition) is 5.